The maximum atomic E-state index is 12.4. The zero-order valence-corrected chi connectivity index (χ0v) is 16.5. The minimum Gasteiger partial charge on any atom is -0.349 e. The van der Waals surface area contributed by atoms with Gasteiger partial charge in [-0.05, 0) is 31.9 Å². The molecule has 2 aromatic rings. The van der Waals surface area contributed by atoms with Crippen LogP contribution in [0.25, 0.3) is 11.4 Å². The summed E-state index contributed by atoms with van der Waals surface area (Å²) in [6.45, 7) is 2.30. The van der Waals surface area contributed by atoms with E-state index in [2.05, 4.69) is 36.4 Å². The molecule has 0 spiro atoms. The van der Waals surface area contributed by atoms with Gasteiger partial charge in [0.05, 0.1) is 12.5 Å². The van der Waals surface area contributed by atoms with Crippen molar-refractivity contribution in [2.75, 3.05) is 0 Å². The van der Waals surface area contributed by atoms with Crippen molar-refractivity contribution < 1.29 is 4.79 Å². The summed E-state index contributed by atoms with van der Waals surface area (Å²) in [5.41, 5.74) is 6.78. The highest BCUT2D eigenvalue weighted by Crippen LogP contribution is 2.31. The van der Waals surface area contributed by atoms with Gasteiger partial charge in [-0.25, -0.2) is 4.98 Å². The van der Waals surface area contributed by atoms with E-state index in [1.54, 1.807) is 0 Å². The first-order valence-electron chi connectivity index (χ1n) is 8.19. The average Bonchev–Trinajstić information content (AvgIpc) is 3.02. The van der Waals surface area contributed by atoms with E-state index in [-0.39, 0.29) is 24.2 Å². The van der Waals surface area contributed by atoms with Crippen molar-refractivity contribution in [1.82, 2.24) is 20.5 Å². The average molecular weight is 429 g/mol. The Morgan fingerprint density at radius 3 is 2.80 bits per heavy atom. The second kappa shape index (κ2) is 8.29. The summed E-state index contributed by atoms with van der Waals surface area (Å²) in [7, 11) is 0. The molecule has 4 N–H and O–H groups in total. The van der Waals surface area contributed by atoms with E-state index in [0.717, 1.165) is 35.7 Å². The Morgan fingerprint density at radius 2 is 2.12 bits per heavy atom. The van der Waals surface area contributed by atoms with E-state index in [0.29, 0.717) is 18.2 Å². The Labute approximate surface area is 161 Å². The van der Waals surface area contributed by atoms with E-state index >= 15 is 0 Å². The van der Waals surface area contributed by atoms with Crippen LogP contribution in [0, 0.1) is 5.92 Å². The van der Waals surface area contributed by atoms with Crippen LogP contribution in [0.4, 0.5) is 0 Å². The van der Waals surface area contributed by atoms with Gasteiger partial charge in [-0.15, -0.1) is 12.4 Å². The molecule has 1 aromatic carbocycles. The maximum absolute atomic E-state index is 12.4. The molecule has 0 aliphatic heterocycles. The normalized spacial score (nSPS) is 22.9. The first-order chi connectivity index (χ1) is 11.5. The summed E-state index contributed by atoms with van der Waals surface area (Å²) < 4.78 is 1.01. The van der Waals surface area contributed by atoms with E-state index in [4.69, 9.17) is 5.73 Å². The zero-order valence-electron chi connectivity index (χ0n) is 14.1. The molecule has 2 atom stereocenters. The number of amides is 1. The number of aromatic nitrogens is 3. The van der Waals surface area contributed by atoms with Crippen molar-refractivity contribution in [2.24, 2.45) is 11.7 Å². The molecule has 1 fully saturated rings. The quantitative estimate of drug-likeness (QED) is 0.697. The van der Waals surface area contributed by atoms with Crippen molar-refractivity contribution in [2.45, 2.75) is 44.7 Å². The number of H-pyrrole nitrogens is 1. The van der Waals surface area contributed by atoms with Crippen LogP contribution in [0.1, 0.15) is 38.4 Å². The number of aromatic amines is 1. The largest absolute Gasteiger partial charge is 0.349 e. The third-order valence-electron chi connectivity index (χ3n) is 4.63. The second-order valence-corrected chi connectivity index (χ2v) is 7.55. The van der Waals surface area contributed by atoms with Crippen LogP contribution < -0.4 is 11.1 Å². The van der Waals surface area contributed by atoms with Crippen molar-refractivity contribution in [1.29, 1.82) is 0 Å². The Hall–Kier alpha value is -1.44. The van der Waals surface area contributed by atoms with Gasteiger partial charge in [0, 0.05) is 15.6 Å². The zero-order chi connectivity index (χ0) is 17.2. The lowest BCUT2D eigenvalue weighted by atomic mass is 9.74. The number of rotatable bonds is 4. The van der Waals surface area contributed by atoms with Crippen LogP contribution in [0.3, 0.4) is 0 Å². The molecule has 1 aliphatic rings. The van der Waals surface area contributed by atoms with Gasteiger partial charge in [-0.2, -0.15) is 5.10 Å². The number of nitrogens with two attached hydrogens (primary N) is 1. The molecule has 0 bridgehead atoms. The minimum absolute atomic E-state index is 0. The Balaban J connectivity index is 0.00000225. The summed E-state index contributed by atoms with van der Waals surface area (Å²) >= 11 is 3.40. The summed E-state index contributed by atoms with van der Waals surface area (Å²) in [6, 6.07) is 7.77. The highest BCUT2D eigenvalue weighted by molar-refractivity contribution is 9.10. The number of carbonyl (C=O) groups is 1. The molecular weight excluding hydrogens is 406 g/mol. The molecule has 1 heterocycles. The SMILES string of the molecule is CC1(N)CCCCC1C(=O)NCc1nc(-c2ccc(Br)cc2)n[nH]1.Cl. The molecule has 1 saturated carbocycles. The number of nitrogens with zero attached hydrogens (tertiary/aromatic N) is 2. The van der Waals surface area contributed by atoms with E-state index in [9.17, 15) is 4.79 Å². The molecule has 2 unspecified atom stereocenters. The highest BCUT2D eigenvalue weighted by Gasteiger charge is 2.37. The van der Waals surface area contributed by atoms with Crippen LogP contribution in [0.15, 0.2) is 28.7 Å². The summed E-state index contributed by atoms with van der Waals surface area (Å²) in [5, 5.41) is 10.0. The standard InChI is InChI=1S/C17H22BrN5O.ClH/c1-17(19)9-3-2-4-13(17)16(24)20-10-14-21-15(23-22-14)11-5-7-12(18)8-6-11;/h5-8,13H,2-4,9-10,19H2,1H3,(H,20,24)(H,21,22,23);1H. The number of hydrogen-bond donors (Lipinski definition) is 3. The highest BCUT2D eigenvalue weighted by atomic mass is 79.9. The summed E-state index contributed by atoms with van der Waals surface area (Å²) in [6.07, 6.45) is 3.89. The number of hydrogen-bond acceptors (Lipinski definition) is 4. The van der Waals surface area contributed by atoms with Crippen LogP contribution in [-0.4, -0.2) is 26.6 Å². The molecule has 25 heavy (non-hydrogen) atoms. The molecule has 0 radical (unpaired) electrons. The fourth-order valence-corrected chi connectivity index (χ4v) is 3.45. The molecule has 0 saturated heterocycles. The number of benzene rings is 1. The third-order valence-corrected chi connectivity index (χ3v) is 5.16. The van der Waals surface area contributed by atoms with Gasteiger partial charge in [0.25, 0.3) is 0 Å². The van der Waals surface area contributed by atoms with Crippen LogP contribution in [0.2, 0.25) is 0 Å². The number of halogens is 2. The number of nitrogens with one attached hydrogen (secondary N) is 2. The Kier molecular flexibility index (Phi) is 6.59. The van der Waals surface area contributed by atoms with Gasteiger partial charge < -0.3 is 11.1 Å². The predicted octanol–water partition coefficient (Wildman–Crippen LogP) is 3.18. The van der Waals surface area contributed by atoms with E-state index in [1.807, 2.05) is 31.2 Å². The molecule has 6 nitrogen and oxygen atoms in total. The van der Waals surface area contributed by atoms with Gasteiger partial charge in [0.1, 0.15) is 5.82 Å². The molecular formula is C17H23BrClN5O. The van der Waals surface area contributed by atoms with E-state index < -0.39 is 5.54 Å². The molecule has 1 amide bonds. The molecule has 3 rings (SSSR count). The summed E-state index contributed by atoms with van der Waals surface area (Å²) in [5.74, 6) is 1.12. The fourth-order valence-electron chi connectivity index (χ4n) is 3.19. The monoisotopic (exact) mass is 427 g/mol. The molecule has 1 aromatic heterocycles. The van der Waals surface area contributed by atoms with Gasteiger partial charge in [0.2, 0.25) is 5.91 Å². The predicted molar refractivity (Wildman–Crippen MR) is 103 cm³/mol. The fraction of sp³-hybridized carbons (Fsp3) is 0.471. The molecule has 1 aliphatic carbocycles. The lowest BCUT2D eigenvalue weighted by molar-refractivity contribution is -0.128. The lowest BCUT2D eigenvalue weighted by Gasteiger charge is -2.37. The second-order valence-electron chi connectivity index (χ2n) is 6.63. The van der Waals surface area contributed by atoms with Crippen molar-refractivity contribution >= 4 is 34.2 Å². The molecule has 8 heteroatoms. The molecule has 136 valence electrons. The van der Waals surface area contributed by atoms with Crippen molar-refractivity contribution in [3.05, 3.63) is 34.6 Å². The van der Waals surface area contributed by atoms with Gasteiger partial charge in [-0.1, -0.05) is 40.9 Å². The van der Waals surface area contributed by atoms with Crippen molar-refractivity contribution in [3.63, 3.8) is 0 Å². The van der Waals surface area contributed by atoms with Crippen LogP contribution in [-0.2, 0) is 11.3 Å². The first-order valence-corrected chi connectivity index (χ1v) is 8.99. The van der Waals surface area contributed by atoms with Crippen LogP contribution >= 0.6 is 28.3 Å². The van der Waals surface area contributed by atoms with Gasteiger partial charge in [0.15, 0.2) is 5.82 Å². The topological polar surface area (TPSA) is 96.7 Å². The summed E-state index contributed by atoms with van der Waals surface area (Å²) in [4.78, 5) is 16.9. The smallest absolute Gasteiger partial charge is 0.225 e. The minimum atomic E-state index is -0.424. The number of carbonyl (C=O) groups excluding carboxylic acids is 1. The van der Waals surface area contributed by atoms with E-state index in [1.165, 1.54) is 0 Å². The Morgan fingerprint density at radius 1 is 1.40 bits per heavy atom. The van der Waals surface area contributed by atoms with Gasteiger partial charge >= 0.3 is 0 Å². The first kappa shape index (κ1) is 19.9. The van der Waals surface area contributed by atoms with Crippen LogP contribution in [0.5, 0.6) is 0 Å². The maximum Gasteiger partial charge on any atom is 0.225 e. The Bertz CT molecular complexity index is 716. The lowest BCUT2D eigenvalue weighted by Crippen LogP contribution is -2.52. The van der Waals surface area contributed by atoms with Gasteiger partial charge in [-0.3, -0.25) is 9.89 Å². The van der Waals surface area contributed by atoms with Crippen molar-refractivity contribution in [3.8, 4) is 11.4 Å². The third kappa shape index (κ3) is 4.80.